The number of hydrogen-bond donors (Lipinski definition) is 1. The van der Waals surface area contributed by atoms with Gasteiger partial charge < -0.3 is 5.32 Å². The highest BCUT2D eigenvalue weighted by Crippen LogP contribution is 2.26. The molecule has 116 valence electrons. The van der Waals surface area contributed by atoms with Crippen LogP contribution in [-0.4, -0.2) is 29.6 Å². The molecule has 1 aliphatic carbocycles. The fourth-order valence-corrected chi connectivity index (χ4v) is 3.85. The number of hydrogen-bond acceptors (Lipinski definition) is 2. The van der Waals surface area contributed by atoms with Crippen molar-refractivity contribution in [2.45, 2.75) is 71.0 Å². The van der Waals surface area contributed by atoms with Gasteiger partial charge in [-0.15, -0.1) is 0 Å². The summed E-state index contributed by atoms with van der Waals surface area (Å²) in [4.78, 5) is 2.68. The van der Waals surface area contributed by atoms with Crippen LogP contribution < -0.4 is 5.32 Å². The topological polar surface area (TPSA) is 15.3 Å². The third kappa shape index (κ3) is 3.32. The smallest absolute Gasteiger partial charge is 0.0281 e. The van der Waals surface area contributed by atoms with Crippen LogP contribution in [0.15, 0.2) is 18.2 Å². The number of aryl methyl sites for hydroxylation is 2. The highest BCUT2D eigenvalue weighted by molar-refractivity contribution is 5.35. The Labute approximate surface area is 129 Å². The van der Waals surface area contributed by atoms with E-state index < -0.39 is 0 Å². The Morgan fingerprint density at radius 1 is 1.24 bits per heavy atom. The molecule has 2 nitrogen and oxygen atoms in total. The molecule has 0 saturated carbocycles. The van der Waals surface area contributed by atoms with Crippen molar-refractivity contribution in [2.24, 2.45) is 0 Å². The van der Waals surface area contributed by atoms with Gasteiger partial charge in [-0.05, 0) is 56.2 Å². The first kappa shape index (κ1) is 15.1. The van der Waals surface area contributed by atoms with Gasteiger partial charge in [-0.2, -0.15) is 0 Å². The first-order chi connectivity index (χ1) is 10.1. The van der Waals surface area contributed by atoms with E-state index in [4.69, 9.17) is 0 Å². The van der Waals surface area contributed by atoms with E-state index in [9.17, 15) is 0 Å². The first-order valence-corrected chi connectivity index (χ1v) is 8.67. The lowest BCUT2D eigenvalue weighted by Gasteiger charge is -2.46. The van der Waals surface area contributed by atoms with Gasteiger partial charge in [0.25, 0.3) is 0 Å². The number of fused-ring (bicyclic) bond motifs is 1. The number of nitrogens with one attached hydrogen (secondary N) is 1. The van der Waals surface area contributed by atoms with Gasteiger partial charge in [0.15, 0.2) is 0 Å². The van der Waals surface area contributed by atoms with E-state index in [-0.39, 0.29) is 5.54 Å². The maximum absolute atomic E-state index is 3.73. The van der Waals surface area contributed by atoms with E-state index in [1.807, 2.05) is 0 Å². The van der Waals surface area contributed by atoms with Crippen LogP contribution >= 0.6 is 0 Å². The largest absolute Gasteiger partial charge is 0.311 e. The highest BCUT2D eigenvalue weighted by atomic mass is 15.3. The molecule has 1 atom stereocenters. The summed E-state index contributed by atoms with van der Waals surface area (Å²) in [6.07, 6.45) is 6.47. The molecule has 1 unspecified atom stereocenters. The van der Waals surface area contributed by atoms with Crippen LogP contribution in [0, 0.1) is 0 Å². The van der Waals surface area contributed by atoms with Gasteiger partial charge in [-0.25, -0.2) is 0 Å². The second kappa shape index (κ2) is 6.10. The number of piperazine rings is 1. The highest BCUT2D eigenvalue weighted by Gasteiger charge is 2.33. The molecule has 21 heavy (non-hydrogen) atoms. The minimum Gasteiger partial charge on any atom is -0.311 e. The normalized spacial score (nSPS) is 25.0. The third-order valence-corrected chi connectivity index (χ3v) is 5.29. The molecule has 1 aliphatic heterocycles. The summed E-state index contributed by atoms with van der Waals surface area (Å²) in [5, 5.41) is 3.73. The van der Waals surface area contributed by atoms with Crippen molar-refractivity contribution in [3.63, 3.8) is 0 Å². The van der Waals surface area contributed by atoms with Gasteiger partial charge in [0.2, 0.25) is 0 Å². The minimum atomic E-state index is 0.253. The summed E-state index contributed by atoms with van der Waals surface area (Å²) in [7, 11) is 0. The molecule has 1 fully saturated rings. The van der Waals surface area contributed by atoms with Crippen molar-refractivity contribution in [2.75, 3.05) is 13.1 Å². The van der Waals surface area contributed by atoms with Crippen LogP contribution in [-0.2, 0) is 19.4 Å². The quantitative estimate of drug-likeness (QED) is 0.911. The molecule has 3 rings (SSSR count). The van der Waals surface area contributed by atoms with Crippen molar-refractivity contribution in [1.29, 1.82) is 0 Å². The summed E-state index contributed by atoms with van der Waals surface area (Å²) in [5.74, 6) is 0. The zero-order chi connectivity index (χ0) is 14.9. The second-order valence-electron chi connectivity index (χ2n) is 7.52. The van der Waals surface area contributed by atoms with Crippen molar-refractivity contribution in [3.8, 4) is 0 Å². The molecular formula is C19H30N2. The van der Waals surface area contributed by atoms with Gasteiger partial charge in [0, 0.05) is 31.2 Å². The molecule has 1 aromatic rings. The molecule has 0 radical (unpaired) electrons. The summed E-state index contributed by atoms with van der Waals surface area (Å²) >= 11 is 0. The van der Waals surface area contributed by atoms with Gasteiger partial charge >= 0.3 is 0 Å². The Morgan fingerprint density at radius 3 is 2.86 bits per heavy atom. The SMILES string of the molecule is CCCC1CN(Cc2ccc3c(c2)CCC3)C(C)(C)CN1. The summed E-state index contributed by atoms with van der Waals surface area (Å²) in [6, 6.07) is 7.86. The molecule has 2 aliphatic rings. The monoisotopic (exact) mass is 286 g/mol. The maximum Gasteiger partial charge on any atom is 0.0281 e. The fourth-order valence-electron chi connectivity index (χ4n) is 3.85. The van der Waals surface area contributed by atoms with Crippen LogP contribution in [0.5, 0.6) is 0 Å². The van der Waals surface area contributed by atoms with E-state index in [0.717, 1.165) is 13.1 Å². The molecule has 1 heterocycles. The Morgan fingerprint density at radius 2 is 2.05 bits per heavy atom. The molecule has 1 saturated heterocycles. The zero-order valence-corrected chi connectivity index (χ0v) is 13.9. The standard InChI is InChI=1S/C19H30N2/c1-4-6-18-13-21(19(2,3)14-20-18)12-15-9-10-16-7-5-8-17(16)11-15/h9-11,18,20H,4-8,12-14H2,1-3H3. The second-order valence-corrected chi connectivity index (χ2v) is 7.52. The predicted octanol–water partition coefficient (Wildman–Crippen LogP) is 3.53. The molecule has 0 aromatic heterocycles. The Hall–Kier alpha value is -0.860. The van der Waals surface area contributed by atoms with E-state index in [1.54, 1.807) is 11.1 Å². The Balaban J connectivity index is 1.72. The van der Waals surface area contributed by atoms with Crippen LogP contribution in [0.1, 0.15) is 56.7 Å². The molecule has 1 N–H and O–H groups in total. The minimum absolute atomic E-state index is 0.253. The third-order valence-electron chi connectivity index (χ3n) is 5.29. The lowest BCUT2D eigenvalue weighted by atomic mass is 9.94. The lowest BCUT2D eigenvalue weighted by Crippen LogP contribution is -2.61. The molecule has 2 heteroatoms. The van der Waals surface area contributed by atoms with E-state index in [0.29, 0.717) is 6.04 Å². The van der Waals surface area contributed by atoms with E-state index >= 15 is 0 Å². The number of rotatable bonds is 4. The Bertz CT molecular complexity index is 492. The molecule has 0 bridgehead atoms. The van der Waals surface area contributed by atoms with E-state index in [1.165, 1.54) is 44.2 Å². The fraction of sp³-hybridized carbons (Fsp3) is 0.684. The van der Waals surface area contributed by atoms with Crippen molar-refractivity contribution in [3.05, 3.63) is 34.9 Å². The van der Waals surface area contributed by atoms with Gasteiger partial charge in [-0.1, -0.05) is 31.5 Å². The average Bonchev–Trinajstić information content (AvgIpc) is 2.90. The van der Waals surface area contributed by atoms with Crippen molar-refractivity contribution in [1.82, 2.24) is 10.2 Å². The van der Waals surface area contributed by atoms with Gasteiger partial charge in [0.05, 0.1) is 0 Å². The first-order valence-electron chi connectivity index (χ1n) is 8.67. The van der Waals surface area contributed by atoms with Gasteiger partial charge in [-0.3, -0.25) is 4.90 Å². The van der Waals surface area contributed by atoms with E-state index in [2.05, 4.69) is 49.2 Å². The number of nitrogens with zero attached hydrogens (tertiary/aromatic N) is 1. The summed E-state index contributed by atoms with van der Waals surface area (Å²) in [6.45, 7) is 10.4. The molecule has 0 amide bonds. The van der Waals surface area contributed by atoms with Gasteiger partial charge in [0.1, 0.15) is 0 Å². The van der Waals surface area contributed by atoms with Crippen LogP contribution in [0.3, 0.4) is 0 Å². The zero-order valence-electron chi connectivity index (χ0n) is 13.9. The van der Waals surface area contributed by atoms with Crippen molar-refractivity contribution >= 4 is 0 Å². The summed E-state index contributed by atoms with van der Waals surface area (Å²) < 4.78 is 0. The van der Waals surface area contributed by atoms with Crippen LogP contribution in [0.25, 0.3) is 0 Å². The van der Waals surface area contributed by atoms with Crippen LogP contribution in [0.4, 0.5) is 0 Å². The van der Waals surface area contributed by atoms with Crippen molar-refractivity contribution < 1.29 is 0 Å². The molecule has 1 aromatic carbocycles. The summed E-state index contributed by atoms with van der Waals surface area (Å²) in [5.41, 5.74) is 4.94. The average molecular weight is 286 g/mol. The van der Waals surface area contributed by atoms with Crippen LogP contribution in [0.2, 0.25) is 0 Å². The predicted molar refractivity (Wildman–Crippen MR) is 89.7 cm³/mol. The Kier molecular flexibility index (Phi) is 4.37. The molecular weight excluding hydrogens is 256 g/mol. The number of benzene rings is 1. The molecule has 0 spiro atoms. The lowest BCUT2D eigenvalue weighted by molar-refractivity contribution is 0.0563. The maximum atomic E-state index is 3.73.